The van der Waals surface area contributed by atoms with Crippen LogP contribution in [0, 0.1) is 0 Å². The zero-order chi connectivity index (χ0) is 22.5. The van der Waals surface area contributed by atoms with Crippen LogP contribution in [0.25, 0.3) is 0 Å². The molecule has 0 aliphatic carbocycles. The van der Waals surface area contributed by atoms with Crippen molar-refractivity contribution in [3.05, 3.63) is 65.2 Å². The molecule has 0 aromatic heterocycles. The zero-order valence-corrected chi connectivity index (χ0v) is 19.9. The Labute approximate surface area is 188 Å². The maximum absolute atomic E-state index is 11.8. The lowest BCUT2D eigenvalue weighted by Crippen LogP contribution is -2.29. The average molecular weight is 447 g/mol. The maximum Gasteiger partial charge on any atom is 0.151 e. The van der Waals surface area contributed by atoms with E-state index in [0.717, 1.165) is 56.6 Å². The van der Waals surface area contributed by atoms with Crippen LogP contribution in [-0.2, 0) is 28.4 Å². The number of nitrogens with two attached hydrogens (primary N) is 1. The summed E-state index contributed by atoms with van der Waals surface area (Å²) in [5.74, 6) is 0.637. The Hall–Kier alpha value is -1.89. The van der Waals surface area contributed by atoms with Crippen LogP contribution in [0.2, 0.25) is 0 Å². The van der Waals surface area contributed by atoms with Crippen molar-refractivity contribution in [2.45, 2.75) is 44.3 Å². The Morgan fingerprint density at radius 3 is 2.19 bits per heavy atom. The molecule has 2 N–H and O–H groups in total. The van der Waals surface area contributed by atoms with E-state index in [1.807, 2.05) is 18.2 Å². The summed E-state index contributed by atoms with van der Waals surface area (Å²) in [5, 5.41) is 0. The van der Waals surface area contributed by atoms with Crippen LogP contribution < -0.4 is 10.5 Å². The van der Waals surface area contributed by atoms with E-state index in [-0.39, 0.29) is 5.75 Å². The topological polar surface area (TPSA) is 72.6 Å². The highest BCUT2D eigenvalue weighted by molar-refractivity contribution is 7.89. The number of hydrogen-bond acceptors (Lipinski definition) is 5. The van der Waals surface area contributed by atoms with Gasteiger partial charge in [-0.15, -0.1) is 0 Å². The summed E-state index contributed by atoms with van der Waals surface area (Å²) in [6, 6.07) is 16.5. The van der Waals surface area contributed by atoms with Gasteiger partial charge in [0.05, 0.1) is 12.9 Å². The van der Waals surface area contributed by atoms with E-state index < -0.39 is 9.84 Å². The molecule has 31 heavy (non-hydrogen) atoms. The van der Waals surface area contributed by atoms with Gasteiger partial charge in [0.15, 0.2) is 9.84 Å². The molecule has 0 saturated heterocycles. The molecule has 0 radical (unpaired) electrons. The average Bonchev–Trinajstić information content (AvgIpc) is 2.74. The van der Waals surface area contributed by atoms with Gasteiger partial charge in [-0.25, -0.2) is 8.42 Å². The Kier molecular flexibility index (Phi) is 11.1. The highest BCUT2D eigenvalue weighted by atomic mass is 32.2. The quantitative estimate of drug-likeness (QED) is 0.421. The predicted octanol–water partition coefficient (Wildman–Crippen LogP) is 3.85. The van der Waals surface area contributed by atoms with E-state index >= 15 is 0 Å². The van der Waals surface area contributed by atoms with Gasteiger partial charge < -0.3 is 15.4 Å². The van der Waals surface area contributed by atoms with Crippen molar-refractivity contribution in [1.82, 2.24) is 4.90 Å². The minimum atomic E-state index is -3.12. The first-order valence-corrected chi connectivity index (χ1v) is 13.3. The largest absolute Gasteiger partial charge is 0.496 e. The number of sulfone groups is 1. The molecule has 0 spiro atoms. The van der Waals surface area contributed by atoms with Crippen LogP contribution in [0.15, 0.2) is 48.5 Å². The van der Waals surface area contributed by atoms with E-state index in [9.17, 15) is 8.42 Å². The SMILES string of the molecule is COc1ccc(CCN(CCCCCCN)CCc2ccccc2)cc1CS(C)(=O)=O. The molecule has 0 heterocycles. The molecule has 0 amide bonds. The highest BCUT2D eigenvalue weighted by Crippen LogP contribution is 2.22. The molecule has 0 aliphatic heterocycles. The fourth-order valence-corrected chi connectivity index (χ4v) is 4.56. The van der Waals surface area contributed by atoms with E-state index in [4.69, 9.17) is 10.5 Å². The summed E-state index contributed by atoms with van der Waals surface area (Å²) < 4.78 is 28.9. The van der Waals surface area contributed by atoms with E-state index in [0.29, 0.717) is 5.75 Å². The molecule has 0 fully saturated rings. The molecule has 2 aromatic carbocycles. The Morgan fingerprint density at radius 2 is 1.55 bits per heavy atom. The van der Waals surface area contributed by atoms with Crippen LogP contribution in [-0.4, -0.2) is 52.9 Å². The van der Waals surface area contributed by atoms with E-state index in [1.165, 1.54) is 31.1 Å². The van der Waals surface area contributed by atoms with Crippen molar-refractivity contribution < 1.29 is 13.2 Å². The Morgan fingerprint density at radius 1 is 0.871 bits per heavy atom. The molecule has 6 heteroatoms. The van der Waals surface area contributed by atoms with Gasteiger partial charge in [-0.2, -0.15) is 0 Å². The monoisotopic (exact) mass is 446 g/mol. The number of rotatable bonds is 15. The van der Waals surface area contributed by atoms with Crippen LogP contribution >= 0.6 is 0 Å². The number of benzene rings is 2. The number of methoxy groups -OCH3 is 1. The molecule has 0 aliphatic rings. The number of nitrogens with zero attached hydrogens (tertiary/aromatic N) is 1. The molecule has 0 unspecified atom stereocenters. The highest BCUT2D eigenvalue weighted by Gasteiger charge is 2.12. The summed E-state index contributed by atoms with van der Waals surface area (Å²) in [6.45, 7) is 3.82. The van der Waals surface area contributed by atoms with Crippen LogP contribution in [0.4, 0.5) is 0 Å². The fourth-order valence-electron chi connectivity index (χ4n) is 3.77. The van der Waals surface area contributed by atoms with Gasteiger partial charge in [0.25, 0.3) is 0 Å². The normalized spacial score (nSPS) is 11.7. The second-order valence-electron chi connectivity index (χ2n) is 8.25. The van der Waals surface area contributed by atoms with Crippen molar-refractivity contribution >= 4 is 9.84 Å². The first-order chi connectivity index (χ1) is 14.9. The minimum absolute atomic E-state index is 0.00285. The van der Waals surface area contributed by atoms with Gasteiger partial charge in [0.1, 0.15) is 5.75 Å². The van der Waals surface area contributed by atoms with Crippen LogP contribution in [0.3, 0.4) is 0 Å². The van der Waals surface area contributed by atoms with Crippen molar-refractivity contribution in [2.75, 3.05) is 39.5 Å². The standard InChI is InChI=1S/C25H38N2O3S/c1-30-25-13-12-23(20-24(25)21-31(2,28)29)15-19-27(17-9-4-3-8-16-26)18-14-22-10-6-5-7-11-22/h5-7,10-13,20H,3-4,8-9,14-19,21,26H2,1-2H3. The van der Waals surface area contributed by atoms with Crippen molar-refractivity contribution in [1.29, 1.82) is 0 Å². The summed E-state index contributed by atoms with van der Waals surface area (Å²) in [6.07, 6.45) is 7.85. The van der Waals surface area contributed by atoms with Gasteiger partial charge in [0, 0.05) is 24.9 Å². The summed E-state index contributed by atoms with van der Waals surface area (Å²) in [5.41, 5.74) is 8.85. The van der Waals surface area contributed by atoms with Gasteiger partial charge >= 0.3 is 0 Å². The summed E-state index contributed by atoms with van der Waals surface area (Å²) in [7, 11) is -1.54. The Bertz CT molecular complexity index is 870. The van der Waals surface area contributed by atoms with Crippen molar-refractivity contribution in [3.63, 3.8) is 0 Å². The molecule has 2 aromatic rings. The smallest absolute Gasteiger partial charge is 0.151 e. The van der Waals surface area contributed by atoms with E-state index in [1.54, 1.807) is 7.11 Å². The molecule has 0 saturated carbocycles. The fraction of sp³-hybridized carbons (Fsp3) is 0.520. The minimum Gasteiger partial charge on any atom is -0.496 e. The lowest BCUT2D eigenvalue weighted by atomic mass is 10.1. The molecule has 2 rings (SSSR count). The molecular weight excluding hydrogens is 408 g/mol. The Balaban J connectivity index is 1.99. The van der Waals surface area contributed by atoms with Gasteiger partial charge in [-0.1, -0.05) is 55.3 Å². The first kappa shape index (κ1) is 25.4. The summed E-state index contributed by atoms with van der Waals surface area (Å²) in [4.78, 5) is 2.52. The van der Waals surface area contributed by atoms with Crippen molar-refractivity contribution in [2.24, 2.45) is 5.73 Å². The lowest BCUT2D eigenvalue weighted by molar-refractivity contribution is 0.273. The lowest BCUT2D eigenvalue weighted by Gasteiger charge is -2.23. The number of unbranched alkanes of at least 4 members (excludes halogenated alkanes) is 3. The third-order valence-electron chi connectivity index (χ3n) is 5.47. The zero-order valence-electron chi connectivity index (χ0n) is 19.1. The van der Waals surface area contributed by atoms with Crippen LogP contribution in [0.5, 0.6) is 5.75 Å². The maximum atomic E-state index is 11.8. The van der Waals surface area contributed by atoms with Gasteiger partial charge in [0.2, 0.25) is 0 Å². The second kappa shape index (κ2) is 13.5. The summed E-state index contributed by atoms with van der Waals surface area (Å²) >= 11 is 0. The molecule has 5 nitrogen and oxygen atoms in total. The third-order valence-corrected chi connectivity index (χ3v) is 6.30. The molecule has 0 bridgehead atoms. The predicted molar refractivity (Wildman–Crippen MR) is 129 cm³/mol. The van der Waals surface area contributed by atoms with Gasteiger partial charge in [-0.05, 0) is 56.0 Å². The second-order valence-corrected chi connectivity index (χ2v) is 10.4. The third kappa shape index (κ3) is 10.3. The van der Waals surface area contributed by atoms with E-state index in [2.05, 4.69) is 35.2 Å². The molecule has 172 valence electrons. The number of ether oxygens (including phenoxy) is 1. The molecular formula is C25H38N2O3S. The van der Waals surface area contributed by atoms with Crippen LogP contribution in [0.1, 0.15) is 42.4 Å². The number of hydrogen-bond donors (Lipinski definition) is 1. The van der Waals surface area contributed by atoms with Gasteiger partial charge in [-0.3, -0.25) is 0 Å². The molecule has 0 atom stereocenters. The van der Waals surface area contributed by atoms with Crippen molar-refractivity contribution in [3.8, 4) is 5.75 Å². The first-order valence-electron chi connectivity index (χ1n) is 11.2.